The molecule has 0 aliphatic heterocycles. The Balaban J connectivity index is 1.04. The SMILES string of the molecule is CC1C=c2oc3ccccc3c2=C(c2cccc(N(c3cccc(-c4ccc5c6ccccc6n(-c6ccccc6)c5c4)c3)c3ccccc3-c3cccc4cccc(-c5ccccc5)c34)c2)C1. The summed E-state index contributed by atoms with van der Waals surface area (Å²) in [5.74, 6) is 0.332. The van der Waals surface area contributed by atoms with Gasteiger partial charge in [-0.25, -0.2) is 0 Å². The number of rotatable bonds is 8. The molecule has 0 saturated heterocycles. The molecule has 10 aromatic carbocycles. The highest BCUT2D eigenvalue weighted by Crippen LogP contribution is 2.46. The fraction of sp³-hybridized carbons (Fsp3) is 0.0462. The van der Waals surface area contributed by atoms with Crippen molar-refractivity contribution in [1.29, 1.82) is 0 Å². The molecule has 3 nitrogen and oxygen atoms in total. The van der Waals surface area contributed by atoms with Crippen molar-refractivity contribution in [2.75, 3.05) is 4.90 Å². The second-order valence-corrected chi connectivity index (χ2v) is 18.1. The quantitative estimate of drug-likeness (QED) is 0.152. The Bertz CT molecular complexity index is 4020. The summed E-state index contributed by atoms with van der Waals surface area (Å²) in [5, 5.41) is 7.30. The van der Waals surface area contributed by atoms with Crippen LogP contribution in [0.4, 0.5) is 17.1 Å². The molecule has 1 aliphatic rings. The molecule has 0 amide bonds. The lowest BCUT2D eigenvalue weighted by Crippen LogP contribution is -2.29. The van der Waals surface area contributed by atoms with Gasteiger partial charge >= 0.3 is 0 Å². The van der Waals surface area contributed by atoms with E-state index in [-0.39, 0.29) is 0 Å². The molecule has 0 radical (unpaired) electrons. The van der Waals surface area contributed by atoms with Crippen molar-refractivity contribution < 1.29 is 4.42 Å². The van der Waals surface area contributed by atoms with E-state index in [4.69, 9.17) is 4.42 Å². The fourth-order valence-electron chi connectivity index (χ4n) is 10.9. The lowest BCUT2D eigenvalue weighted by Gasteiger charge is -2.29. The average Bonchev–Trinajstić information content (AvgIpc) is 3.94. The van der Waals surface area contributed by atoms with E-state index in [2.05, 4.69) is 259 Å². The number of fused-ring (bicyclic) bond motifs is 7. The Hall–Kier alpha value is -8.66. The minimum Gasteiger partial charge on any atom is -0.456 e. The van der Waals surface area contributed by atoms with E-state index in [1.807, 2.05) is 0 Å². The molecule has 0 N–H and O–H groups in total. The lowest BCUT2D eigenvalue weighted by molar-refractivity contribution is 0.563. The molecule has 68 heavy (non-hydrogen) atoms. The average molecular weight is 871 g/mol. The number of furan rings is 1. The molecule has 1 aliphatic carbocycles. The number of para-hydroxylation sites is 4. The van der Waals surface area contributed by atoms with Crippen molar-refractivity contribution in [3.63, 3.8) is 0 Å². The van der Waals surface area contributed by atoms with Crippen molar-refractivity contribution in [3.05, 3.63) is 253 Å². The first-order valence-electron chi connectivity index (χ1n) is 23.6. The minimum atomic E-state index is 0.332. The van der Waals surface area contributed by atoms with Gasteiger partial charge in [0.25, 0.3) is 0 Å². The zero-order valence-corrected chi connectivity index (χ0v) is 37.7. The Labute approximate surface area is 395 Å². The second kappa shape index (κ2) is 16.3. The minimum absolute atomic E-state index is 0.332. The van der Waals surface area contributed by atoms with Crippen LogP contribution in [0.2, 0.25) is 0 Å². The van der Waals surface area contributed by atoms with Gasteiger partial charge in [0.05, 0.1) is 16.7 Å². The normalized spacial score (nSPS) is 13.5. The van der Waals surface area contributed by atoms with Crippen LogP contribution in [0.1, 0.15) is 18.9 Å². The van der Waals surface area contributed by atoms with Gasteiger partial charge in [0.15, 0.2) is 0 Å². The number of hydrogen-bond donors (Lipinski definition) is 0. The van der Waals surface area contributed by atoms with Crippen LogP contribution in [-0.2, 0) is 0 Å². The van der Waals surface area contributed by atoms with Gasteiger partial charge in [-0.15, -0.1) is 0 Å². The van der Waals surface area contributed by atoms with Crippen LogP contribution in [-0.4, -0.2) is 4.57 Å². The number of aromatic nitrogens is 1. The number of anilines is 3. The van der Waals surface area contributed by atoms with Gasteiger partial charge in [-0.3, -0.25) is 0 Å². The van der Waals surface area contributed by atoms with Gasteiger partial charge in [0.2, 0.25) is 0 Å². The first kappa shape index (κ1) is 39.7. The van der Waals surface area contributed by atoms with Crippen molar-refractivity contribution in [2.45, 2.75) is 13.3 Å². The molecule has 1 atom stereocenters. The number of nitrogens with zero attached hydrogens (tertiary/aromatic N) is 2. The first-order valence-corrected chi connectivity index (χ1v) is 23.6. The Morgan fingerprint density at radius 1 is 0.456 bits per heavy atom. The molecule has 0 fully saturated rings. The maximum Gasteiger partial charge on any atom is 0.135 e. The standard InChI is InChI=1S/C65H46N2O/c1-43-38-58(65-57-30-10-13-35-62(57)68-63(65)39-43)48-23-15-27-51(41-48)66(59-33-11-9-29-54(59)56-32-17-21-45-20-16-31-52(64(45)56)44-18-4-2-5-19-44)50-26-14-22-46(40-50)47-36-37-55-53-28-8-12-34-60(53)67(61(55)42-47)49-24-6-3-7-25-49/h2-37,39-43H,38H2,1H3. The molecule has 12 aromatic rings. The van der Waals surface area contributed by atoms with Crippen molar-refractivity contribution >= 4 is 72.3 Å². The van der Waals surface area contributed by atoms with E-state index in [1.54, 1.807) is 0 Å². The van der Waals surface area contributed by atoms with Crippen LogP contribution < -0.4 is 15.5 Å². The molecule has 2 aromatic heterocycles. The Kier molecular flexibility index (Phi) is 9.54. The molecule has 1 unspecified atom stereocenters. The third kappa shape index (κ3) is 6.66. The summed E-state index contributed by atoms with van der Waals surface area (Å²) >= 11 is 0. The highest BCUT2D eigenvalue weighted by Gasteiger charge is 2.23. The summed E-state index contributed by atoms with van der Waals surface area (Å²) in [5.41, 5.74) is 18.3. The highest BCUT2D eigenvalue weighted by molar-refractivity contribution is 6.11. The molecule has 13 rings (SSSR count). The van der Waals surface area contributed by atoms with E-state index in [0.717, 1.165) is 62.2 Å². The molecular weight excluding hydrogens is 825 g/mol. The molecule has 0 bridgehead atoms. The smallest absolute Gasteiger partial charge is 0.135 e. The molecule has 322 valence electrons. The van der Waals surface area contributed by atoms with Crippen molar-refractivity contribution in [2.24, 2.45) is 5.92 Å². The topological polar surface area (TPSA) is 21.3 Å². The maximum atomic E-state index is 6.51. The van der Waals surface area contributed by atoms with Gasteiger partial charge < -0.3 is 13.9 Å². The summed E-state index contributed by atoms with van der Waals surface area (Å²) in [7, 11) is 0. The van der Waals surface area contributed by atoms with E-state index >= 15 is 0 Å². The summed E-state index contributed by atoms with van der Waals surface area (Å²) in [6, 6.07) is 86.2. The predicted molar refractivity (Wildman–Crippen MR) is 285 cm³/mol. The summed E-state index contributed by atoms with van der Waals surface area (Å²) < 4.78 is 8.91. The van der Waals surface area contributed by atoms with Gasteiger partial charge in [-0.1, -0.05) is 183 Å². The number of hydrogen-bond acceptors (Lipinski definition) is 2. The van der Waals surface area contributed by atoms with E-state index < -0.39 is 0 Å². The second-order valence-electron chi connectivity index (χ2n) is 18.1. The van der Waals surface area contributed by atoms with Crippen LogP contribution in [0.25, 0.3) is 94.3 Å². The van der Waals surface area contributed by atoms with Crippen LogP contribution in [0, 0.1) is 5.92 Å². The van der Waals surface area contributed by atoms with Crippen LogP contribution >= 0.6 is 0 Å². The third-order valence-electron chi connectivity index (χ3n) is 13.9. The van der Waals surface area contributed by atoms with Gasteiger partial charge in [-0.05, 0) is 129 Å². The largest absolute Gasteiger partial charge is 0.456 e. The third-order valence-corrected chi connectivity index (χ3v) is 13.9. The van der Waals surface area contributed by atoms with Crippen LogP contribution in [0.3, 0.4) is 0 Å². The summed E-state index contributed by atoms with van der Waals surface area (Å²) in [6.45, 7) is 2.29. The van der Waals surface area contributed by atoms with E-state index in [0.29, 0.717) is 5.92 Å². The molecule has 0 spiro atoms. The molecule has 0 saturated carbocycles. The zero-order chi connectivity index (χ0) is 45.1. The predicted octanol–water partition coefficient (Wildman–Crippen LogP) is 16.2. The van der Waals surface area contributed by atoms with E-state index in [1.165, 1.54) is 65.6 Å². The van der Waals surface area contributed by atoms with Crippen molar-refractivity contribution in [1.82, 2.24) is 4.57 Å². The van der Waals surface area contributed by atoms with Gasteiger partial charge in [0.1, 0.15) is 11.0 Å². The maximum absolute atomic E-state index is 6.51. The first-order chi connectivity index (χ1) is 33.6. The summed E-state index contributed by atoms with van der Waals surface area (Å²) in [4.78, 5) is 2.47. The molecule has 3 heteroatoms. The van der Waals surface area contributed by atoms with Crippen LogP contribution in [0.5, 0.6) is 0 Å². The Morgan fingerprint density at radius 3 is 1.88 bits per heavy atom. The van der Waals surface area contributed by atoms with Crippen molar-refractivity contribution in [3.8, 4) is 39.1 Å². The van der Waals surface area contributed by atoms with Gasteiger partial charge in [-0.2, -0.15) is 0 Å². The molecule has 2 heterocycles. The monoisotopic (exact) mass is 870 g/mol. The lowest BCUT2D eigenvalue weighted by atomic mass is 9.89. The highest BCUT2D eigenvalue weighted by atomic mass is 16.3. The Morgan fingerprint density at radius 2 is 1.06 bits per heavy atom. The van der Waals surface area contributed by atoms with E-state index in [9.17, 15) is 0 Å². The zero-order valence-electron chi connectivity index (χ0n) is 37.7. The summed E-state index contributed by atoms with van der Waals surface area (Å²) in [6.07, 6.45) is 3.22. The number of benzene rings is 10. The van der Waals surface area contributed by atoms with Crippen LogP contribution in [0.15, 0.2) is 241 Å². The fourth-order valence-corrected chi connectivity index (χ4v) is 10.9. The van der Waals surface area contributed by atoms with Gasteiger partial charge in [0, 0.05) is 44.0 Å². The molecular formula is C65H46N2O.